The molecular weight excluding hydrogens is 398 g/mol. The molecule has 2 rings (SSSR count). The number of nitro groups is 1. The largest absolute Gasteiger partial charge is 0.491 e. The number of non-ortho nitro benzene ring substituents is 1. The van der Waals surface area contributed by atoms with Crippen molar-refractivity contribution < 1.29 is 23.5 Å². The van der Waals surface area contributed by atoms with E-state index in [1.807, 2.05) is 6.92 Å². The van der Waals surface area contributed by atoms with Crippen LogP contribution in [0.3, 0.4) is 0 Å². The molecule has 8 nitrogen and oxygen atoms in total. The highest BCUT2D eigenvalue weighted by atomic mass is 19.2. The molecule has 2 unspecified atom stereocenters. The number of hydrogen-bond acceptors (Lipinski definition) is 5. The van der Waals surface area contributed by atoms with Crippen LogP contribution in [-0.4, -0.2) is 41.8 Å². The van der Waals surface area contributed by atoms with Gasteiger partial charge in [-0.2, -0.15) is 0 Å². The Bertz CT molecular complexity index is 878. The fourth-order valence-electron chi connectivity index (χ4n) is 2.50. The van der Waals surface area contributed by atoms with E-state index in [-0.39, 0.29) is 24.9 Å². The van der Waals surface area contributed by atoms with Gasteiger partial charge in [-0.05, 0) is 43.7 Å². The summed E-state index contributed by atoms with van der Waals surface area (Å²) < 4.78 is 32.0. The van der Waals surface area contributed by atoms with Gasteiger partial charge in [0.05, 0.1) is 17.5 Å². The van der Waals surface area contributed by atoms with Crippen LogP contribution in [0.2, 0.25) is 0 Å². The molecule has 0 heterocycles. The third-order valence-corrected chi connectivity index (χ3v) is 4.09. The van der Waals surface area contributed by atoms with E-state index >= 15 is 0 Å². The highest BCUT2D eigenvalue weighted by molar-refractivity contribution is 5.80. The second-order valence-electron chi connectivity index (χ2n) is 6.48. The van der Waals surface area contributed by atoms with Crippen LogP contribution < -0.4 is 15.4 Å². The Hall–Kier alpha value is -3.27. The first-order valence-electron chi connectivity index (χ1n) is 9.35. The number of aliphatic imine (C=N–C) groups is 1. The number of ether oxygens (including phenoxy) is 1. The summed E-state index contributed by atoms with van der Waals surface area (Å²) in [6.45, 7) is 4.17. The molecule has 0 aliphatic carbocycles. The first kappa shape index (κ1) is 23.0. The maximum atomic E-state index is 13.4. The summed E-state index contributed by atoms with van der Waals surface area (Å²) in [6.07, 6.45) is -0.922. The number of guanidine groups is 1. The third-order valence-electron chi connectivity index (χ3n) is 4.09. The monoisotopic (exact) mass is 422 g/mol. The van der Waals surface area contributed by atoms with Gasteiger partial charge < -0.3 is 20.5 Å². The molecule has 2 aromatic rings. The summed E-state index contributed by atoms with van der Waals surface area (Å²) in [5.74, 6) is -1.06. The van der Waals surface area contributed by atoms with E-state index in [0.29, 0.717) is 23.8 Å². The minimum atomic E-state index is -0.929. The van der Waals surface area contributed by atoms with Gasteiger partial charge >= 0.3 is 0 Å². The number of nitrogens with zero attached hydrogens (tertiary/aromatic N) is 2. The number of benzene rings is 2. The quantitative estimate of drug-likeness (QED) is 0.248. The molecule has 10 heteroatoms. The van der Waals surface area contributed by atoms with Gasteiger partial charge in [0, 0.05) is 18.7 Å². The molecule has 162 valence electrons. The molecule has 0 saturated heterocycles. The first-order chi connectivity index (χ1) is 14.3. The maximum Gasteiger partial charge on any atom is 0.269 e. The lowest BCUT2D eigenvalue weighted by Crippen LogP contribution is -2.39. The normalized spacial score (nSPS) is 13.4. The summed E-state index contributed by atoms with van der Waals surface area (Å²) in [5.41, 5.74) is 0.491. The molecule has 0 saturated carbocycles. The molecule has 0 aliphatic heterocycles. The van der Waals surface area contributed by atoms with Crippen LogP contribution in [-0.2, 0) is 0 Å². The predicted molar refractivity (Wildman–Crippen MR) is 108 cm³/mol. The van der Waals surface area contributed by atoms with Crippen LogP contribution in [0.15, 0.2) is 47.5 Å². The fourth-order valence-corrected chi connectivity index (χ4v) is 2.50. The molecule has 0 amide bonds. The second-order valence-corrected chi connectivity index (χ2v) is 6.48. The number of nitrogens with one attached hydrogen (secondary N) is 2. The molecule has 0 aromatic heterocycles. The molecule has 0 aliphatic rings. The van der Waals surface area contributed by atoms with Crippen molar-refractivity contribution in [3.8, 4) is 5.75 Å². The van der Waals surface area contributed by atoms with Gasteiger partial charge in [0.2, 0.25) is 0 Å². The molecule has 0 fully saturated rings. The molecule has 30 heavy (non-hydrogen) atoms. The first-order valence-corrected chi connectivity index (χ1v) is 9.35. The van der Waals surface area contributed by atoms with E-state index in [0.717, 1.165) is 12.1 Å². The third kappa shape index (κ3) is 6.96. The van der Waals surface area contributed by atoms with Crippen molar-refractivity contribution in [3.05, 3.63) is 69.8 Å². The number of aliphatic hydroxyl groups excluding tert-OH is 1. The predicted octanol–water partition coefficient (Wildman–Crippen LogP) is 2.93. The number of halogens is 2. The van der Waals surface area contributed by atoms with Crippen LogP contribution in [0.5, 0.6) is 5.75 Å². The van der Waals surface area contributed by atoms with E-state index < -0.39 is 22.7 Å². The molecular formula is C20H24F2N4O4. The van der Waals surface area contributed by atoms with Crippen LogP contribution in [0, 0.1) is 21.7 Å². The SMILES string of the molecule is CCNC(=NCC(O)COc1ccc([N+](=O)[O-])cc1)NC(C)c1ccc(F)c(F)c1. The molecule has 2 aromatic carbocycles. The van der Waals surface area contributed by atoms with E-state index in [1.54, 1.807) is 6.92 Å². The van der Waals surface area contributed by atoms with E-state index in [2.05, 4.69) is 15.6 Å². The number of aliphatic hydroxyl groups is 1. The standard InChI is InChI=1S/C20H24F2N4O4/c1-3-23-20(25-13(2)14-4-9-18(21)19(22)10-14)24-11-16(27)12-30-17-7-5-15(6-8-17)26(28)29/h4-10,13,16,27H,3,11-12H2,1-2H3,(H2,23,24,25). The average Bonchev–Trinajstić information content (AvgIpc) is 2.72. The highest BCUT2D eigenvalue weighted by Gasteiger charge is 2.12. The molecule has 2 atom stereocenters. The van der Waals surface area contributed by atoms with Crippen molar-refractivity contribution in [1.82, 2.24) is 10.6 Å². The lowest BCUT2D eigenvalue weighted by molar-refractivity contribution is -0.384. The Balaban J connectivity index is 1.90. The summed E-state index contributed by atoms with van der Waals surface area (Å²) >= 11 is 0. The van der Waals surface area contributed by atoms with Gasteiger partial charge in [-0.3, -0.25) is 15.1 Å². The van der Waals surface area contributed by atoms with Gasteiger partial charge in [0.25, 0.3) is 5.69 Å². The Morgan fingerprint density at radius 2 is 1.93 bits per heavy atom. The smallest absolute Gasteiger partial charge is 0.269 e. The Morgan fingerprint density at radius 3 is 2.53 bits per heavy atom. The fraction of sp³-hybridized carbons (Fsp3) is 0.350. The Labute approximate surface area is 172 Å². The molecule has 3 N–H and O–H groups in total. The van der Waals surface area contributed by atoms with Crippen LogP contribution in [0.1, 0.15) is 25.5 Å². The maximum absolute atomic E-state index is 13.4. The summed E-state index contributed by atoms with van der Waals surface area (Å²) in [7, 11) is 0. The Kier molecular flexibility index (Phi) is 8.48. The minimum Gasteiger partial charge on any atom is -0.491 e. The van der Waals surface area contributed by atoms with Crippen molar-refractivity contribution in [2.45, 2.75) is 26.0 Å². The zero-order chi connectivity index (χ0) is 22.1. The summed E-state index contributed by atoms with van der Waals surface area (Å²) in [6, 6.07) is 8.82. The van der Waals surface area contributed by atoms with Crippen molar-refractivity contribution in [2.24, 2.45) is 4.99 Å². The van der Waals surface area contributed by atoms with Crippen LogP contribution in [0.4, 0.5) is 14.5 Å². The zero-order valence-corrected chi connectivity index (χ0v) is 16.6. The van der Waals surface area contributed by atoms with Crippen molar-refractivity contribution in [3.63, 3.8) is 0 Å². The van der Waals surface area contributed by atoms with Gasteiger partial charge in [-0.1, -0.05) is 6.07 Å². The highest BCUT2D eigenvalue weighted by Crippen LogP contribution is 2.18. The number of nitro benzene ring substituents is 1. The topological polar surface area (TPSA) is 109 Å². The second kappa shape index (κ2) is 11.1. The zero-order valence-electron chi connectivity index (χ0n) is 16.6. The summed E-state index contributed by atoms with van der Waals surface area (Å²) in [4.78, 5) is 14.4. The lowest BCUT2D eigenvalue weighted by atomic mass is 10.1. The number of hydrogen-bond donors (Lipinski definition) is 3. The van der Waals surface area contributed by atoms with Crippen molar-refractivity contribution in [2.75, 3.05) is 19.7 Å². The van der Waals surface area contributed by atoms with Crippen molar-refractivity contribution >= 4 is 11.6 Å². The lowest BCUT2D eigenvalue weighted by Gasteiger charge is -2.19. The average molecular weight is 422 g/mol. The van der Waals surface area contributed by atoms with Gasteiger partial charge in [0.1, 0.15) is 18.5 Å². The van der Waals surface area contributed by atoms with E-state index in [9.17, 15) is 24.0 Å². The van der Waals surface area contributed by atoms with Crippen molar-refractivity contribution in [1.29, 1.82) is 0 Å². The van der Waals surface area contributed by atoms with Crippen LogP contribution in [0.25, 0.3) is 0 Å². The Morgan fingerprint density at radius 1 is 1.23 bits per heavy atom. The van der Waals surface area contributed by atoms with Gasteiger partial charge in [-0.15, -0.1) is 0 Å². The van der Waals surface area contributed by atoms with Gasteiger partial charge in [-0.25, -0.2) is 8.78 Å². The molecule has 0 radical (unpaired) electrons. The molecule has 0 bridgehead atoms. The van der Waals surface area contributed by atoms with Gasteiger partial charge in [0.15, 0.2) is 17.6 Å². The van der Waals surface area contributed by atoms with Crippen LogP contribution >= 0.6 is 0 Å². The minimum absolute atomic E-state index is 0.0206. The van der Waals surface area contributed by atoms with E-state index in [1.165, 1.54) is 30.3 Å². The summed E-state index contributed by atoms with van der Waals surface area (Å²) in [5, 5.41) is 26.8. The van der Waals surface area contributed by atoms with E-state index in [4.69, 9.17) is 4.74 Å². The number of rotatable bonds is 9. The molecule has 0 spiro atoms.